The highest BCUT2D eigenvalue weighted by molar-refractivity contribution is 5.76. The molecule has 23 heavy (non-hydrogen) atoms. The van der Waals surface area contributed by atoms with E-state index in [1.165, 1.54) is 12.1 Å². The van der Waals surface area contributed by atoms with E-state index in [0.29, 0.717) is 12.8 Å². The summed E-state index contributed by atoms with van der Waals surface area (Å²) in [7, 11) is 0. The molecule has 3 rings (SSSR count). The topological polar surface area (TPSA) is 36.4 Å². The highest BCUT2D eigenvalue weighted by Gasteiger charge is 2.21. The van der Waals surface area contributed by atoms with Crippen LogP contribution in [0.4, 0.5) is 10.1 Å². The number of carbonyl (C=O) groups excluding carboxylic acids is 1. The maximum atomic E-state index is 13.1. The largest absolute Gasteiger partial charge is 0.367 e. The molecule has 2 heterocycles. The van der Waals surface area contributed by atoms with Gasteiger partial charge in [-0.25, -0.2) is 4.39 Å². The zero-order chi connectivity index (χ0) is 16.1. The molecule has 0 bridgehead atoms. The lowest BCUT2D eigenvalue weighted by molar-refractivity contribution is -0.131. The second kappa shape index (κ2) is 7.22. The molecule has 1 aliphatic rings. The fourth-order valence-corrected chi connectivity index (χ4v) is 2.86. The first-order valence-corrected chi connectivity index (χ1v) is 7.89. The third-order valence-electron chi connectivity index (χ3n) is 4.16. The van der Waals surface area contributed by atoms with E-state index in [4.69, 9.17) is 0 Å². The van der Waals surface area contributed by atoms with E-state index >= 15 is 0 Å². The summed E-state index contributed by atoms with van der Waals surface area (Å²) in [5, 5.41) is 0. The van der Waals surface area contributed by atoms with Crippen LogP contribution in [0, 0.1) is 5.82 Å². The number of carbonyl (C=O) groups is 1. The molecule has 1 aromatic carbocycles. The summed E-state index contributed by atoms with van der Waals surface area (Å²) in [6.07, 6.45) is 4.62. The van der Waals surface area contributed by atoms with Crippen LogP contribution in [0.1, 0.15) is 12.0 Å². The summed E-state index contributed by atoms with van der Waals surface area (Å²) in [4.78, 5) is 20.6. The predicted molar refractivity (Wildman–Crippen MR) is 87.8 cm³/mol. The number of aryl methyl sites for hydroxylation is 1. The van der Waals surface area contributed by atoms with Crippen molar-refractivity contribution in [1.29, 1.82) is 0 Å². The molecule has 1 aliphatic heterocycles. The second-order valence-corrected chi connectivity index (χ2v) is 5.71. The van der Waals surface area contributed by atoms with E-state index in [9.17, 15) is 9.18 Å². The van der Waals surface area contributed by atoms with E-state index in [2.05, 4.69) is 9.88 Å². The van der Waals surface area contributed by atoms with Crippen molar-refractivity contribution in [3.8, 4) is 0 Å². The number of anilines is 1. The van der Waals surface area contributed by atoms with Gasteiger partial charge in [-0.15, -0.1) is 0 Å². The zero-order valence-corrected chi connectivity index (χ0v) is 13.0. The number of hydrogen-bond donors (Lipinski definition) is 0. The summed E-state index contributed by atoms with van der Waals surface area (Å²) in [6.45, 7) is 3.07. The molecule has 4 nitrogen and oxygen atoms in total. The quantitative estimate of drug-likeness (QED) is 0.870. The monoisotopic (exact) mass is 313 g/mol. The molecule has 1 fully saturated rings. The van der Waals surface area contributed by atoms with Crippen molar-refractivity contribution in [2.24, 2.45) is 0 Å². The molecule has 0 aliphatic carbocycles. The van der Waals surface area contributed by atoms with Gasteiger partial charge in [0.2, 0.25) is 5.91 Å². The standard InChI is InChI=1S/C18H20FN3O/c19-16-4-1-3-15(13-16)6-7-18(23)22-11-9-21(10-12-22)17-5-2-8-20-14-17/h1-5,8,13-14H,6-7,9-12H2. The molecular formula is C18H20FN3O. The first kappa shape index (κ1) is 15.5. The Balaban J connectivity index is 1.48. The van der Waals surface area contributed by atoms with Gasteiger partial charge in [-0.2, -0.15) is 0 Å². The minimum Gasteiger partial charge on any atom is -0.367 e. The Morgan fingerprint density at radius 2 is 1.96 bits per heavy atom. The van der Waals surface area contributed by atoms with E-state index in [0.717, 1.165) is 37.4 Å². The third-order valence-corrected chi connectivity index (χ3v) is 4.16. The Morgan fingerprint density at radius 3 is 2.65 bits per heavy atom. The number of halogens is 1. The number of pyridine rings is 1. The predicted octanol–water partition coefficient (Wildman–Crippen LogP) is 2.50. The number of benzene rings is 1. The molecule has 0 N–H and O–H groups in total. The number of nitrogens with zero attached hydrogens (tertiary/aromatic N) is 3. The van der Waals surface area contributed by atoms with Crippen molar-refractivity contribution in [3.63, 3.8) is 0 Å². The van der Waals surface area contributed by atoms with Crippen molar-refractivity contribution < 1.29 is 9.18 Å². The minimum atomic E-state index is -0.250. The smallest absolute Gasteiger partial charge is 0.223 e. The summed E-state index contributed by atoms with van der Waals surface area (Å²) in [5.41, 5.74) is 1.96. The fourth-order valence-electron chi connectivity index (χ4n) is 2.86. The van der Waals surface area contributed by atoms with Crippen LogP contribution in [0.2, 0.25) is 0 Å². The Hall–Kier alpha value is -2.43. The van der Waals surface area contributed by atoms with Crippen molar-refractivity contribution in [1.82, 2.24) is 9.88 Å². The van der Waals surface area contributed by atoms with Gasteiger partial charge in [-0.1, -0.05) is 12.1 Å². The maximum Gasteiger partial charge on any atom is 0.223 e. The number of piperazine rings is 1. The third kappa shape index (κ3) is 4.06. The van der Waals surface area contributed by atoms with Crippen LogP contribution in [0.25, 0.3) is 0 Å². The summed E-state index contributed by atoms with van der Waals surface area (Å²) < 4.78 is 13.1. The van der Waals surface area contributed by atoms with Gasteiger partial charge < -0.3 is 9.80 Å². The van der Waals surface area contributed by atoms with Gasteiger partial charge >= 0.3 is 0 Å². The Morgan fingerprint density at radius 1 is 1.13 bits per heavy atom. The molecule has 5 heteroatoms. The number of aromatic nitrogens is 1. The van der Waals surface area contributed by atoms with Crippen LogP contribution in [0.15, 0.2) is 48.8 Å². The molecule has 0 atom stereocenters. The number of amides is 1. The molecule has 0 radical (unpaired) electrons. The fraction of sp³-hybridized carbons (Fsp3) is 0.333. The summed E-state index contributed by atoms with van der Waals surface area (Å²) >= 11 is 0. The average Bonchev–Trinajstić information content (AvgIpc) is 2.61. The van der Waals surface area contributed by atoms with Crippen molar-refractivity contribution in [3.05, 3.63) is 60.2 Å². The number of rotatable bonds is 4. The van der Waals surface area contributed by atoms with Crippen molar-refractivity contribution >= 4 is 11.6 Å². The van der Waals surface area contributed by atoms with Crippen LogP contribution in [-0.2, 0) is 11.2 Å². The first-order chi connectivity index (χ1) is 11.2. The molecule has 2 aromatic rings. The van der Waals surface area contributed by atoms with E-state index in [1.807, 2.05) is 29.3 Å². The second-order valence-electron chi connectivity index (χ2n) is 5.71. The molecule has 1 saturated heterocycles. The highest BCUT2D eigenvalue weighted by atomic mass is 19.1. The first-order valence-electron chi connectivity index (χ1n) is 7.89. The molecule has 1 amide bonds. The molecule has 0 unspecified atom stereocenters. The lowest BCUT2D eigenvalue weighted by atomic mass is 10.1. The Kier molecular flexibility index (Phi) is 4.86. The molecule has 120 valence electrons. The molecule has 0 spiro atoms. The van der Waals surface area contributed by atoms with Gasteiger partial charge in [0.1, 0.15) is 5.82 Å². The SMILES string of the molecule is O=C(CCc1cccc(F)c1)N1CCN(c2cccnc2)CC1. The highest BCUT2D eigenvalue weighted by Crippen LogP contribution is 2.15. The van der Waals surface area contributed by atoms with Gasteiger partial charge in [0, 0.05) is 38.8 Å². The number of hydrogen-bond acceptors (Lipinski definition) is 3. The molecule has 0 saturated carbocycles. The lowest BCUT2D eigenvalue weighted by Crippen LogP contribution is -2.48. The van der Waals surface area contributed by atoms with Crippen LogP contribution in [-0.4, -0.2) is 42.0 Å². The Labute approximate surface area is 135 Å². The van der Waals surface area contributed by atoms with E-state index < -0.39 is 0 Å². The minimum absolute atomic E-state index is 0.139. The van der Waals surface area contributed by atoms with E-state index in [-0.39, 0.29) is 11.7 Å². The van der Waals surface area contributed by atoms with Gasteiger partial charge in [0.15, 0.2) is 0 Å². The lowest BCUT2D eigenvalue weighted by Gasteiger charge is -2.36. The normalized spacial score (nSPS) is 14.8. The van der Waals surface area contributed by atoms with Gasteiger partial charge in [-0.3, -0.25) is 9.78 Å². The average molecular weight is 313 g/mol. The Bertz CT molecular complexity index is 654. The van der Waals surface area contributed by atoms with Gasteiger partial charge in [-0.05, 0) is 36.2 Å². The van der Waals surface area contributed by atoms with E-state index in [1.54, 1.807) is 12.3 Å². The van der Waals surface area contributed by atoms with Crippen LogP contribution < -0.4 is 4.90 Å². The van der Waals surface area contributed by atoms with Crippen LogP contribution in [0.5, 0.6) is 0 Å². The van der Waals surface area contributed by atoms with Crippen LogP contribution >= 0.6 is 0 Å². The molecule has 1 aromatic heterocycles. The maximum absolute atomic E-state index is 13.1. The molecular weight excluding hydrogens is 293 g/mol. The van der Waals surface area contributed by atoms with Crippen LogP contribution in [0.3, 0.4) is 0 Å². The van der Waals surface area contributed by atoms with Gasteiger partial charge in [0.05, 0.1) is 11.9 Å². The van der Waals surface area contributed by atoms with Gasteiger partial charge in [0.25, 0.3) is 0 Å². The summed E-state index contributed by atoms with van der Waals surface area (Å²) in [5.74, 6) is -0.111. The van der Waals surface area contributed by atoms with Crippen molar-refractivity contribution in [2.75, 3.05) is 31.1 Å². The van der Waals surface area contributed by atoms with Crippen molar-refractivity contribution in [2.45, 2.75) is 12.8 Å². The summed E-state index contributed by atoms with van der Waals surface area (Å²) in [6, 6.07) is 10.4. The zero-order valence-electron chi connectivity index (χ0n) is 13.0.